The van der Waals surface area contributed by atoms with Crippen LogP contribution in [0.15, 0.2) is 48.5 Å². The molecule has 2 amide bonds. The number of alkyl halides is 3. The monoisotopic (exact) mass is 358 g/mol. The number of halogens is 4. The first-order valence-electron chi connectivity index (χ1n) is 6.96. The molecule has 2 aromatic rings. The van der Waals surface area contributed by atoms with E-state index < -0.39 is 22.8 Å². The van der Waals surface area contributed by atoms with Crippen LogP contribution in [-0.4, -0.2) is 19.2 Å². The van der Waals surface area contributed by atoms with Crippen molar-refractivity contribution in [3.05, 3.63) is 59.1 Å². The van der Waals surface area contributed by atoms with Gasteiger partial charge in [-0.3, -0.25) is 0 Å². The van der Waals surface area contributed by atoms with Gasteiger partial charge in [0.25, 0.3) is 0 Å². The Hall–Kier alpha value is -2.41. The third kappa shape index (κ3) is 5.34. The van der Waals surface area contributed by atoms with Crippen LogP contribution in [0.25, 0.3) is 0 Å². The first-order valence-corrected chi connectivity index (χ1v) is 7.33. The van der Waals surface area contributed by atoms with Gasteiger partial charge in [0.1, 0.15) is 12.4 Å². The van der Waals surface area contributed by atoms with E-state index >= 15 is 0 Å². The largest absolute Gasteiger partial charge is 0.492 e. The Balaban J connectivity index is 1.82. The number of carbonyl (C=O) groups excluding carboxylic acids is 1. The fourth-order valence-electron chi connectivity index (χ4n) is 1.85. The summed E-state index contributed by atoms with van der Waals surface area (Å²) in [6, 6.07) is 11.5. The first kappa shape index (κ1) is 17.9. The van der Waals surface area contributed by atoms with E-state index in [1.807, 2.05) is 18.2 Å². The Morgan fingerprint density at radius 1 is 1.12 bits per heavy atom. The van der Waals surface area contributed by atoms with E-state index in [4.69, 9.17) is 16.3 Å². The smallest absolute Gasteiger partial charge is 0.417 e. The van der Waals surface area contributed by atoms with Crippen LogP contribution >= 0.6 is 11.6 Å². The Morgan fingerprint density at radius 2 is 1.83 bits per heavy atom. The van der Waals surface area contributed by atoms with E-state index in [9.17, 15) is 18.0 Å². The highest BCUT2D eigenvalue weighted by Crippen LogP contribution is 2.36. The molecule has 0 aromatic heterocycles. The molecular weight excluding hydrogens is 345 g/mol. The molecule has 2 rings (SSSR count). The summed E-state index contributed by atoms with van der Waals surface area (Å²) in [5.74, 6) is 0.659. The van der Waals surface area contributed by atoms with Crippen molar-refractivity contribution >= 4 is 23.3 Å². The second kappa shape index (κ2) is 7.92. The number of hydrogen-bond donors (Lipinski definition) is 2. The highest BCUT2D eigenvalue weighted by atomic mass is 35.5. The number of ether oxygens (including phenoxy) is 1. The van der Waals surface area contributed by atoms with Gasteiger partial charge in [-0.15, -0.1) is 0 Å². The molecule has 0 atom stereocenters. The average molecular weight is 359 g/mol. The van der Waals surface area contributed by atoms with Crippen LogP contribution in [0.4, 0.5) is 23.7 Å². The maximum absolute atomic E-state index is 12.7. The summed E-state index contributed by atoms with van der Waals surface area (Å²) in [7, 11) is 0. The number of rotatable bonds is 5. The van der Waals surface area contributed by atoms with Gasteiger partial charge in [-0.1, -0.05) is 29.8 Å². The normalized spacial score (nSPS) is 11.0. The molecular formula is C16H14ClF3N2O2. The lowest BCUT2D eigenvalue weighted by atomic mass is 10.2. The summed E-state index contributed by atoms with van der Waals surface area (Å²) in [6.07, 6.45) is -4.59. The fourth-order valence-corrected chi connectivity index (χ4v) is 2.07. The van der Waals surface area contributed by atoms with Crippen molar-refractivity contribution < 1.29 is 22.7 Å². The number of carbonyl (C=O) groups is 1. The van der Waals surface area contributed by atoms with Gasteiger partial charge in [-0.05, 0) is 30.3 Å². The molecule has 128 valence electrons. The number of nitrogens with one attached hydrogen (secondary N) is 2. The predicted molar refractivity (Wildman–Crippen MR) is 85.4 cm³/mol. The molecule has 2 N–H and O–H groups in total. The summed E-state index contributed by atoms with van der Waals surface area (Å²) < 4.78 is 43.6. The van der Waals surface area contributed by atoms with E-state index in [0.717, 1.165) is 12.1 Å². The molecule has 0 aliphatic carbocycles. The zero-order chi connectivity index (χ0) is 17.6. The quantitative estimate of drug-likeness (QED) is 0.770. The third-order valence-corrected chi connectivity index (χ3v) is 3.26. The molecule has 0 saturated heterocycles. The number of benzene rings is 2. The Bertz CT molecular complexity index is 693. The van der Waals surface area contributed by atoms with Gasteiger partial charge >= 0.3 is 12.2 Å². The summed E-state index contributed by atoms with van der Waals surface area (Å²) in [4.78, 5) is 11.7. The lowest BCUT2D eigenvalue weighted by Gasteiger charge is -2.12. The molecule has 0 radical (unpaired) electrons. The van der Waals surface area contributed by atoms with Gasteiger partial charge in [-0.25, -0.2) is 4.79 Å². The van der Waals surface area contributed by atoms with Crippen molar-refractivity contribution in [1.82, 2.24) is 5.32 Å². The number of anilines is 1. The third-order valence-electron chi connectivity index (χ3n) is 2.93. The zero-order valence-corrected chi connectivity index (χ0v) is 13.1. The Labute approximate surface area is 141 Å². The molecule has 0 unspecified atom stereocenters. The van der Waals surface area contributed by atoms with E-state index in [1.165, 1.54) is 6.07 Å². The fraction of sp³-hybridized carbons (Fsp3) is 0.188. The summed E-state index contributed by atoms with van der Waals surface area (Å²) in [6.45, 7) is 0.423. The minimum Gasteiger partial charge on any atom is -0.492 e. The van der Waals surface area contributed by atoms with E-state index in [1.54, 1.807) is 12.1 Å². The molecule has 0 aliphatic heterocycles. The lowest BCUT2D eigenvalue weighted by Crippen LogP contribution is -2.32. The van der Waals surface area contributed by atoms with Crippen molar-refractivity contribution in [2.75, 3.05) is 18.5 Å². The zero-order valence-electron chi connectivity index (χ0n) is 12.4. The van der Waals surface area contributed by atoms with Gasteiger partial charge in [0, 0.05) is 5.69 Å². The van der Waals surface area contributed by atoms with Crippen LogP contribution < -0.4 is 15.4 Å². The van der Waals surface area contributed by atoms with E-state index in [2.05, 4.69) is 10.6 Å². The summed E-state index contributed by atoms with van der Waals surface area (Å²) in [5, 5.41) is 4.37. The summed E-state index contributed by atoms with van der Waals surface area (Å²) >= 11 is 5.51. The van der Waals surface area contributed by atoms with Crippen LogP contribution in [0.3, 0.4) is 0 Å². The van der Waals surface area contributed by atoms with Gasteiger partial charge < -0.3 is 15.4 Å². The van der Waals surface area contributed by atoms with Crippen LogP contribution in [0.1, 0.15) is 5.56 Å². The van der Waals surface area contributed by atoms with Crippen molar-refractivity contribution in [3.8, 4) is 5.75 Å². The van der Waals surface area contributed by atoms with Crippen molar-refractivity contribution in [2.45, 2.75) is 6.18 Å². The second-order valence-electron chi connectivity index (χ2n) is 4.73. The van der Waals surface area contributed by atoms with E-state index in [0.29, 0.717) is 5.75 Å². The minimum absolute atomic E-state index is 0.00629. The number of amides is 2. The molecule has 0 spiro atoms. The molecule has 0 fully saturated rings. The van der Waals surface area contributed by atoms with E-state index in [-0.39, 0.29) is 18.8 Å². The van der Waals surface area contributed by atoms with Crippen molar-refractivity contribution in [3.63, 3.8) is 0 Å². The molecule has 4 nitrogen and oxygen atoms in total. The number of para-hydroxylation sites is 1. The highest BCUT2D eigenvalue weighted by molar-refractivity contribution is 6.31. The molecule has 0 heterocycles. The maximum Gasteiger partial charge on any atom is 0.417 e. The summed E-state index contributed by atoms with van der Waals surface area (Å²) in [5.41, 5.74) is -1.01. The van der Waals surface area contributed by atoms with Gasteiger partial charge in [0.15, 0.2) is 0 Å². The molecule has 0 saturated carbocycles. The van der Waals surface area contributed by atoms with Crippen molar-refractivity contribution in [2.24, 2.45) is 0 Å². The highest BCUT2D eigenvalue weighted by Gasteiger charge is 2.33. The van der Waals surface area contributed by atoms with Crippen LogP contribution in [0, 0.1) is 0 Å². The number of urea groups is 1. The standard InChI is InChI=1S/C16H14ClF3N2O2/c17-14-7-6-11(10-13(14)16(18,19)20)22-15(23)21-8-9-24-12-4-2-1-3-5-12/h1-7,10H,8-9H2,(H2,21,22,23). The first-order chi connectivity index (χ1) is 11.4. The van der Waals surface area contributed by atoms with Crippen LogP contribution in [0.2, 0.25) is 5.02 Å². The molecule has 8 heteroatoms. The topological polar surface area (TPSA) is 50.4 Å². The Morgan fingerprint density at radius 3 is 2.50 bits per heavy atom. The molecule has 0 aliphatic rings. The van der Waals surface area contributed by atoms with Crippen molar-refractivity contribution in [1.29, 1.82) is 0 Å². The minimum atomic E-state index is -4.59. The maximum atomic E-state index is 12.7. The van der Waals surface area contributed by atoms with Crippen LogP contribution in [-0.2, 0) is 6.18 Å². The molecule has 2 aromatic carbocycles. The second-order valence-corrected chi connectivity index (χ2v) is 5.14. The Kier molecular flexibility index (Phi) is 5.92. The average Bonchev–Trinajstić information content (AvgIpc) is 2.53. The number of hydrogen-bond acceptors (Lipinski definition) is 2. The molecule has 24 heavy (non-hydrogen) atoms. The predicted octanol–water partition coefficient (Wildman–Crippen LogP) is 4.56. The molecule has 0 bridgehead atoms. The van der Waals surface area contributed by atoms with Gasteiger partial charge in [0.2, 0.25) is 0 Å². The lowest BCUT2D eigenvalue weighted by molar-refractivity contribution is -0.137. The van der Waals surface area contributed by atoms with Gasteiger partial charge in [-0.2, -0.15) is 13.2 Å². The van der Waals surface area contributed by atoms with Gasteiger partial charge in [0.05, 0.1) is 17.1 Å². The van der Waals surface area contributed by atoms with Crippen LogP contribution in [0.5, 0.6) is 5.75 Å². The SMILES string of the molecule is O=C(NCCOc1ccccc1)Nc1ccc(Cl)c(C(F)(F)F)c1.